The summed E-state index contributed by atoms with van der Waals surface area (Å²) in [5.41, 5.74) is 0. The number of unbranched alkanes of at least 4 members (excludes halogenated alkanes) is 23. The number of rotatable bonds is 50. The maximum Gasteiger partial charge on any atom is 0.306 e. The van der Waals surface area contributed by atoms with Crippen LogP contribution in [0.25, 0.3) is 0 Å². The largest absolute Gasteiger partial charge is 0.462 e. The minimum Gasteiger partial charge on any atom is -0.462 e. The van der Waals surface area contributed by atoms with Gasteiger partial charge in [-0.05, 0) is 89.9 Å². The van der Waals surface area contributed by atoms with E-state index in [1.807, 2.05) is 12.2 Å². The van der Waals surface area contributed by atoms with Crippen LogP contribution in [0, 0.1) is 0 Å². The zero-order chi connectivity index (χ0) is 49.3. The average molecular weight is 946 g/mol. The molecular formula is C62H104O6. The Bertz CT molecular complexity index is 1360. The molecule has 6 heteroatoms. The Hall–Kier alpha value is -3.67. The summed E-state index contributed by atoms with van der Waals surface area (Å²) >= 11 is 0. The zero-order valence-electron chi connectivity index (χ0n) is 44.3. The molecule has 388 valence electrons. The zero-order valence-corrected chi connectivity index (χ0v) is 44.3. The maximum atomic E-state index is 12.7. The number of allylic oxidation sites excluding steroid dienone is 16. The van der Waals surface area contributed by atoms with E-state index in [0.717, 1.165) is 83.5 Å². The highest BCUT2D eigenvalue weighted by Crippen LogP contribution is 2.15. The van der Waals surface area contributed by atoms with Gasteiger partial charge in [-0.25, -0.2) is 0 Å². The predicted octanol–water partition coefficient (Wildman–Crippen LogP) is 18.9. The lowest BCUT2D eigenvalue weighted by Gasteiger charge is -2.18. The fourth-order valence-electron chi connectivity index (χ4n) is 7.62. The standard InChI is InChI=1S/C62H104O6/c1-4-7-10-13-16-18-20-22-24-26-28-29-30-31-32-33-35-36-38-40-42-44-46-49-52-55-61(64)67-58-59(57-66-60(63)54-51-48-15-12-9-6-3)68-62(65)56-53-50-47-45-43-41-39-37-34-27-25-23-21-19-17-14-11-8-5-2/h8,11,17,19-20,22-23,25-26,28,34,37,41,43,47,50,59H,4-7,9-10,12-16,18,21,24,27,29-33,35-36,38-40,42,44-46,48-49,51-58H2,1-3H3/b11-8-,19-17-,22-20-,25-23-,28-26-,37-34-,43-41-,50-47-. The predicted molar refractivity (Wildman–Crippen MR) is 293 cm³/mol. The van der Waals surface area contributed by atoms with Crippen LogP contribution in [0.2, 0.25) is 0 Å². The topological polar surface area (TPSA) is 78.9 Å². The van der Waals surface area contributed by atoms with Gasteiger partial charge in [-0.3, -0.25) is 14.4 Å². The first kappa shape index (κ1) is 64.3. The summed E-state index contributed by atoms with van der Waals surface area (Å²) in [6, 6.07) is 0. The summed E-state index contributed by atoms with van der Waals surface area (Å²) in [6.45, 7) is 6.39. The highest BCUT2D eigenvalue weighted by atomic mass is 16.6. The summed E-state index contributed by atoms with van der Waals surface area (Å²) in [6.07, 6.45) is 74.5. The smallest absolute Gasteiger partial charge is 0.306 e. The highest BCUT2D eigenvalue weighted by Gasteiger charge is 2.19. The van der Waals surface area contributed by atoms with Gasteiger partial charge in [-0.15, -0.1) is 0 Å². The van der Waals surface area contributed by atoms with Crippen molar-refractivity contribution >= 4 is 17.9 Å². The van der Waals surface area contributed by atoms with Gasteiger partial charge in [0.15, 0.2) is 6.10 Å². The molecule has 0 saturated carbocycles. The van der Waals surface area contributed by atoms with Crippen molar-refractivity contribution in [1.82, 2.24) is 0 Å². The maximum absolute atomic E-state index is 12.7. The van der Waals surface area contributed by atoms with Crippen LogP contribution in [0.5, 0.6) is 0 Å². The summed E-state index contributed by atoms with van der Waals surface area (Å²) in [4.78, 5) is 37.8. The van der Waals surface area contributed by atoms with Crippen molar-refractivity contribution < 1.29 is 28.6 Å². The van der Waals surface area contributed by atoms with Crippen molar-refractivity contribution in [2.45, 2.75) is 264 Å². The molecule has 1 unspecified atom stereocenters. The molecule has 0 aliphatic heterocycles. The van der Waals surface area contributed by atoms with E-state index in [1.165, 1.54) is 128 Å². The molecule has 0 aliphatic rings. The van der Waals surface area contributed by atoms with E-state index in [2.05, 4.69) is 106 Å². The lowest BCUT2D eigenvalue weighted by molar-refractivity contribution is -0.166. The number of carbonyl (C=O) groups excluding carboxylic acids is 3. The quantitative estimate of drug-likeness (QED) is 0.0262. The van der Waals surface area contributed by atoms with Crippen LogP contribution in [0.15, 0.2) is 97.2 Å². The SMILES string of the molecule is CC/C=C\C/C=C\C/C=C\C/C=C\C/C=C\C/C=C\CCC(=O)OC(COC(=O)CCCCCCCC)COC(=O)CCCCCCCCCCCCCCC/C=C\C/C=C\CCCCCCC. The molecule has 68 heavy (non-hydrogen) atoms. The van der Waals surface area contributed by atoms with Crippen molar-refractivity contribution in [2.24, 2.45) is 0 Å². The number of ether oxygens (including phenoxy) is 3. The van der Waals surface area contributed by atoms with E-state index in [1.54, 1.807) is 0 Å². The molecule has 0 fully saturated rings. The van der Waals surface area contributed by atoms with Gasteiger partial charge in [0.25, 0.3) is 0 Å². The molecule has 0 N–H and O–H groups in total. The normalized spacial score (nSPS) is 12.8. The minimum atomic E-state index is -0.815. The molecule has 0 aromatic heterocycles. The second-order valence-electron chi connectivity index (χ2n) is 18.5. The van der Waals surface area contributed by atoms with Crippen LogP contribution < -0.4 is 0 Å². The van der Waals surface area contributed by atoms with Crippen molar-refractivity contribution in [3.8, 4) is 0 Å². The molecule has 0 spiro atoms. The van der Waals surface area contributed by atoms with E-state index < -0.39 is 12.1 Å². The minimum absolute atomic E-state index is 0.108. The lowest BCUT2D eigenvalue weighted by Crippen LogP contribution is -2.30. The van der Waals surface area contributed by atoms with Gasteiger partial charge >= 0.3 is 17.9 Å². The van der Waals surface area contributed by atoms with Crippen LogP contribution in [-0.2, 0) is 28.6 Å². The summed E-state index contributed by atoms with van der Waals surface area (Å²) in [5, 5.41) is 0. The van der Waals surface area contributed by atoms with Crippen molar-refractivity contribution in [3.05, 3.63) is 97.2 Å². The van der Waals surface area contributed by atoms with E-state index in [4.69, 9.17) is 14.2 Å². The van der Waals surface area contributed by atoms with E-state index in [-0.39, 0.29) is 31.6 Å². The van der Waals surface area contributed by atoms with Crippen molar-refractivity contribution in [2.75, 3.05) is 13.2 Å². The molecule has 1 atom stereocenters. The number of hydrogen-bond acceptors (Lipinski definition) is 6. The summed E-state index contributed by atoms with van der Waals surface area (Å²) in [7, 11) is 0. The van der Waals surface area contributed by atoms with Crippen molar-refractivity contribution in [1.29, 1.82) is 0 Å². The number of hydrogen-bond donors (Lipinski definition) is 0. The van der Waals surface area contributed by atoms with Gasteiger partial charge < -0.3 is 14.2 Å². The molecule has 0 aliphatic carbocycles. The Kier molecular flexibility index (Phi) is 52.9. The molecule has 6 nitrogen and oxygen atoms in total. The molecule has 0 aromatic carbocycles. The number of carbonyl (C=O) groups is 3. The van der Waals surface area contributed by atoms with E-state index in [9.17, 15) is 14.4 Å². The monoisotopic (exact) mass is 945 g/mol. The van der Waals surface area contributed by atoms with Gasteiger partial charge in [-0.2, -0.15) is 0 Å². The molecule has 0 radical (unpaired) electrons. The first-order chi connectivity index (χ1) is 33.5. The third kappa shape index (κ3) is 53.3. The fraction of sp³-hybridized carbons (Fsp3) is 0.694. The molecule has 0 rings (SSSR count). The average Bonchev–Trinajstić information content (AvgIpc) is 3.34. The summed E-state index contributed by atoms with van der Waals surface area (Å²) < 4.78 is 16.7. The highest BCUT2D eigenvalue weighted by molar-refractivity contribution is 5.71. The Balaban J connectivity index is 4.23. The number of esters is 3. The fourth-order valence-corrected chi connectivity index (χ4v) is 7.62. The lowest BCUT2D eigenvalue weighted by atomic mass is 10.0. The van der Waals surface area contributed by atoms with Gasteiger partial charge in [0, 0.05) is 19.3 Å². The second-order valence-corrected chi connectivity index (χ2v) is 18.5. The molecule has 0 heterocycles. The van der Waals surface area contributed by atoms with Gasteiger partial charge in [0.2, 0.25) is 0 Å². The van der Waals surface area contributed by atoms with Crippen LogP contribution in [0.3, 0.4) is 0 Å². The van der Waals surface area contributed by atoms with Crippen LogP contribution in [0.4, 0.5) is 0 Å². The first-order valence-corrected chi connectivity index (χ1v) is 28.2. The Morgan fingerprint density at radius 1 is 0.309 bits per heavy atom. The van der Waals surface area contributed by atoms with Gasteiger partial charge in [0.05, 0.1) is 0 Å². The molecule has 0 saturated heterocycles. The van der Waals surface area contributed by atoms with Gasteiger partial charge in [0.1, 0.15) is 13.2 Å². The third-order valence-corrected chi connectivity index (χ3v) is 11.8. The van der Waals surface area contributed by atoms with E-state index in [0.29, 0.717) is 19.3 Å². The molecule has 0 aromatic rings. The Morgan fingerprint density at radius 2 is 0.603 bits per heavy atom. The van der Waals surface area contributed by atoms with Crippen LogP contribution in [0.1, 0.15) is 258 Å². The van der Waals surface area contributed by atoms with Gasteiger partial charge in [-0.1, -0.05) is 246 Å². The molecule has 0 amide bonds. The Labute approximate surface area is 419 Å². The van der Waals surface area contributed by atoms with E-state index >= 15 is 0 Å². The van der Waals surface area contributed by atoms with Crippen LogP contribution in [-0.4, -0.2) is 37.2 Å². The Morgan fingerprint density at radius 3 is 0.956 bits per heavy atom. The summed E-state index contributed by atoms with van der Waals surface area (Å²) in [5.74, 6) is -1.00. The molecule has 0 bridgehead atoms. The molecular weight excluding hydrogens is 841 g/mol. The van der Waals surface area contributed by atoms with Crippen LogP contribution >= 0.6 is 0 Å². The third-order valence-electron chi connectivity index (χ3n) is 11.8. The first-order valence-electron chi connectivity index (χ1n) is 28.2. The second kappa shape index (κ2) is 55.9. The van der Waals surface area contributed by atoms with Crippen molar-refractivity contribution in [3.63, 3.8) is 0 Å².